The van der Waals surface area contributed by atoms with Gasteiger partial charge in [-0.2, -0.15) is 18.4 Å². The van der Waals surface area contributed by atoms with Gasteiger partial charge in [0.15, 0.2) is 0 Å². The van der Waals surface area contributed by atoms with E-state index in [0.29, 0.717) is 0 Å². The number of carbonyl (C=O) groups excluding carboxylic acids is 1. The van der Waals surface area contributed by atoms with E-state index in [-0.39, 0.29) is 19.6 Å². The molecule has 0 heterocycles. The third-order valence-electron chi connectivity index (χ3n) is 1.02. The van der Waals surface area contributed by atoms with Gasteiger partial charge in [-0.25, -0.2) is 9.52 Å². The molecule has 14 heavy (non-hydrogen) atoms. The SMILES string of the molecule is CCOC(=O)NS(=O)(=O)NCCC#N. The predicted octanol–water partition coefficient (Wildman–Crippen LogP) is -0.519. The molecule has 0 aromatic rings. The lowest BCUT2D eigenvalue weighted by atomic mass is 10.5. The summed E-state index contributed by atoms with van der Waals surface area (Å²) in [4.78, 5) is 10.7. The van der Waals surface area contributed by atoms with Crippen LogP contribution in [0.25, 0.3) is 0 Å². The van der Waals surface area contributed by atoms with Crippen LogP contribution in [-0.4, -0.2) is 27.7 Å². The number of amides is 1. The molecule has 0 saturated carbocycles. The molecule has 80 valence electrons. The van der Waals surface area contributed by atoms with Gasteiger partial charge in [-0.05, 0) is 6.92 Å². The Hall–Kier alpha value is -1.33. The second-order valence-electron chi connectivity index (χ2n) is 2.13. The molecule has 0 aromatic heterocycles. The molecule has 0 atom stereocenters. The zero-order valence-corrected chi connectivity index (χ0v) is 8.43. The first-order chi connectivity index (χ1) is 6.52. The second kappa shape index (κ2) is 6.17. The van der Waals surface area contributed by atoms with Gasteiger partial charge in [-0.15, -0.1) is 0 Å². The van der Waals surface area contributed by atoms with Crippen LogP contribution in [0.15, 0.2) is 0 Å². The van der Waals surface area contributed by atoms with E-state index in [2.05, 4.69) is 4.74 Å². The van der Waals surface area contributed by atoms with Gasteiger partial charge >= 0.3 is 16.3 Å². The summed E-state index contributed by atoms with van der Waals surface area (Å²) in [5, 5.41) is 8.13. The molecule has 0 saturated heterocycles. The lowest BCUT2D eigenvalue weighted by Gasteiger charge is -2.06. The smallest absolute Gasteiger partial charge is 0.421 e. The van der Waals surface area contributed by atoms with Gasteiger partial charge in [-0.3, -0.25) is 0 Å². The standard InChI is InChI=1S/C6H11N3O4S/c1-2-13-6(10)9-14(11,12)8-5-3-4-7/h8H,2-3,5H2,1H3,(H,9,10). The van der Waals surface area contributed by atoms with Crippen LogP contribution in [0.5, 0.6) is 0 Å². The summed E-state index contributed by atoms with van der Waals surface area (Å²) in [5.74, 6) is 0. The van der Waals surface area contributed by atoms with E-state index in [9.17, 15) is 13.2 Å². The number of hydrogen-bond donors (Lipinski definition) is 2. The summed E-state index contributed by atoms with van der Waals surface area (Å²) in [6.07, 6.45) is -1.01. The van der Waals surface area contributed by atoms with Crippen molar-refractivity contribution < 1.29 is 17.9 Å². The largest absolute Gasteiger partial charge is 0.449 e. The van der Waals surface area contributed by atoms with Gasteiger partial charge in [0, 0.05) is 13.0 Å². The molecule has 0 unspecified atom stereocenters. The Morgan fingerprint density at radius 2 is 2.21 bits per heavy atom. The number of nitrogens with zero attached hydrogens (tertiary/aromatic N) is 1. The highest BCUT2D eigenvalue weighted by Crippen LogP contribution is 1.82. The van der Waals surface area contributed by atoms with Crippen molar-refractivity contribution in [3.8, 4) is 6.07 Å². The maximum Gasteiger partial charge on any atom is 0.421 e. The molecule has 0 spiro atoms. The molecule has 0 bridgehead atoms. The number of nitrogens with one attached hydrogen (secondary N) is 2. The van der Waals surface area contributed by atoms with Gasteiger partial charge in [0.1, 0.15) is 0 Å². The van der Waals surface area contributed by atoms with Crippen molar-refractivity contribution >= 4 is 16.3 Å². The van der Waals surface area contributed by atoms with Crippen LogP contribution in [0.4, 0.5) is 4.79 Å². The maximum absolute atomic E-state index is 11.0. The highest BCUT2D eigenvalue weighted by atomic mass is 32.2. The molecule has 2 N–H and O–H groups in total. The minimum Gasteiger partial charge on any atom is -0.449 e. The Morgan fingerprint density at radius 3 is 2.71 bits per heavy atom. The van der Waals surface area contributed by atoms with Crippen LogP contribution in [-0.2, 0) is 14.9 Å². The van der Waals surface area contributed by atoms with Crippen molar-refractivity contribution in [3.05, 3.63) is 0 Å². The Morgan fingerprint density at radius 1 is 1.57 bits per heavy atom. The summed E-state index contributed by atoms with van der Waals surface area (Å²) in [7, 11) is -3.90. The van der Waals surface area contributed by atoms with E-state index in [1.54, 1.807) is 17.7 Å². The number of nitriles is 1. The van der Waals surface area contributed by atoms with Crippen LogP contribution in [0.1, 0.15) is 13.3 Å². The average Bonchev–Trinajstić information content (AvgIpc) is 2.03. The summed E-state index contributed by atoms with van der Waals surface area (Å²) in [5.41, 5.74) is 0. The molecule has 7 nitrogen and oxygen atoms in total. The Labute approximate surface area is 82.2 Å². The van der Waals surface area contributed by atoms with Gasteiger partial charge in [0.05, 0.1) is 12.7 Å². The fourth-order valence-corrected chi connectivity index (χ4v) is 1.27. The maximum atomic E-state index is 11.0. The third-order valence-corrected chi connectivity index (χ3v) is 2.04. The van der Waals surface area contributed by atoms with E-state index < -0.39 is 16.3 Å². The topological polar surface area (TPSA) is 108 Å². The predicted molar refractivity (Wildman–Crippen MR) is 47.3 cm³/mol. The summed E-state index contributed by atoms with van der Waals surface area (Å²) >= 11 is 0. The van der Waals surface area contributed by atoms with Crippen molar-refractivity contribution in [2.75, 3.05) is 13.2 Å². The van der Waals surface area contributed by atoms with Gasteiger partial charge in [0.25, 0.3) is 0 Å². The van der Waals surface area contributed by atoms with Gasteiger partial charge in [0.2, 0.25) is 0 Å². The lowest BCUT2D eigenvalue weighted by Crippen LogP contribution is -2.40. The van der Waals surface area contributed by atoms with Crippen molar-refractivity contribution in [1.29, 1.82) is 5.26 Å². The van der Waals surface area contributed by atoms with Crippen molar-refractivity contribution in [2.45, 2.75) is 13.3 Å². The minimum atomic E-state index is -3.90. The van der Waals surface area contributed by atoms with E-state index in [1.165, 1.54) is 0 Å². The van der Waals surface area contributed by atoms with Crippen LogP contribution < -0.4 is 9.44 Å². The Kier molecular flexibility index (Phi) is 5.59. The van der Waals surface area contributed by atoms with Crippen molar-refractivity contribution in [1.82, 2.24) is 9.44 Å². The normalized spacial score (nSPS) is 10.3. The fraction of sp³-hybridized carbons (Fsp3) is 0.667. The van der Waals surface area contributed by atoms with Crippen molar-refractivity contribution in [2.24, 2.45) is 0 Å². The second-order valence-corrected chi connectivity index (χ2v) is 3.63. The van der Waals surface area contributed by atoms with Crippen molar-refractivity contribution in [3.63, 3.8) is 0 Å². The van der Waals surface area contributed by atoms with Crippen LogP contribution in [0, 0.1) is 11.3 Å². The molecule has 1 amide bonds. The first kappa shape index (κ1) is 12.7. The van der Waals surface area contributed by atoms with Crippen LogP contribution in [0.2, 0.25) is 0 Å². The molecule has 0 aliphatic carbocycles. The molecule has 8 heteroatoms. The molecule has 0 fully saturated rings. The number of carbonyl (C=O) groups is 1. The first-order valence-corrected chi connectivity index (χ1v) is 5.31. The average molecular weight is 221 g/mol. The van der Waals surface area contributed by atoms with E-state index in [1.807, 2.05) is 4.72 Å². The molecular formula is C6H11N3O4S. The van der Waals surface area contributed by atoms with Gasteiger partial charge in [-0.1, -0.05) is 0 Å². The third kappa shape index (κ3) is 6.22. The zero-order chi connectivity index (χ0) is 11.0. The summed E-state index contributed by atoms with van der Waals surface area (Å²) in [6, 6.07) is 1.75. The number of hydrogen-bond acceptors (Lipinski definition) is 5. The summed E-state index contributed by atoms with van der Waals surface area (Å²) in [6.45, 7) is 1.58. The molecule has 0 rings (SSSR count). The zero-order valence-electron chi connectivity index (χ0n) is 7.61. The van der Waals surface area contributed by atoms with E-state index in [4.69, 9.17) is 5.26 Å². The molecule has 0 aromatic carbocycles. The fourth-order valence-electron chi connectivity index (χ4n) is 0.548. The summed E-state index contributed by atoms with van der Waals surface area (Å²) < 4.78 is 29.9. The monoisotopic (exact) mass is 221 g/mol. The van der Waals surface area contributed by atoms with E-state index in [0.717, 1.165) is 0 Å². The number of rotatable bonds is 5. The molecule has 0 radical (unpaired) electrons. The van der Waals surface area contributed by atoms with Crippen LogP contribution >= 0.6 is 0 Å². The van der Waals surface area contributed by atoms with Crippen LogP contribution in [0.3, 0.4) is 0 Å². The Balaban J connectivity index is 3.96. The first-order valence-electron chi connectivity index (χ1n) is 3.83. The quantitative estimate of drug-likeness (QED) is 0.607. The van der Waals surface area contributed by atoms with E-state index >= 15 is 0 Å². The minimum absolute atomic E-state index is 0.0315. The molecule has 0 aliphatic rings. The lowest BCUT2D eigenvalue weighted by molar-refractivity contribution is 0.158. The number of ether oxygens (including phenoxy) is 1. The Bertz CT molecular complexity index is 318. The molecule has 0 aliphatic heterocycles. The molecular weight excluding hydrogens is 210 g/mol. The highest BCUT2D eigenvalue weighted by molar-refractivity contribution is 7.88. The van der Waals surface area contributed by atoms with Gasteiger partial charge < -0.3 is 4.74 Å². The highest BCUT2D eigenvalue weighted by Gasteiger charge is 2.13.